The second-order valence-corrected chi connectivity index (χ2v) is 3.48. The zero-order chi connectivity index (χ0) is 7.14. The number of hydrogen-bond donors (Lipinski definition) is 1. The maximum absolute atomic E-state index is 10.5. The van der Waals surface area contributed by atoms with Crippen molar-refractivity contribution in [1.82, 2.24) is 0 Å². The van der Waals surface area contributed by atoms with Crippen molar-refractivity contribution in [2.45, 2.75) is 25.7 Å². The lowest BCUT2D eigenvalue weighted by Crippen LogP contribution is -1.99. The molecule has 0 aromatic carbocycles. The number of rotatable bonds is 1. The Hall–Kier alpha value is -0.530. The molecular formula is C8H12O2. The molecule has 0 saturated heterocycles. The summed E-state index contributed by atoms with van der Waals surface area (Å²) in [6, 6.07) is 0. The van der Waals surface area contributed by atoms with E-state index in [4.69, 9.17) is 5.11 Å². The first-order valence-corrected chi connectivity index (χ1v) is 4.03. The highest BCUT2D eigenvalue weighted by Gasteiger charge is 2.54. The first kappa shape index (κ1) is 6.20. The molecule has 0 radical (unpaired) electrons. The highest BCUT2D eigenvalue weighted by molar-refractivity contribution is 5.74. The van der Waals surface area contributed by atoms with Crippen molar-refractivity contribution >= 4 is 5.97 Å². The van der Waals surface area contributed by atoms with Crippen LogP contribution in [-0.2, 0) is 4.79 Å². The Kier molecular flexibility index (Phi) is 1.22. The van der Waals surface area contributed by atoms with Gasteiger partial charge in [0.05, 0.1) is 5.92 Å². The molecule has 2 heteroatoms. The van der Waals surface area contributed by atoms with Gasteiger partial charge in [0, 0.05) is 0 Å². The summed E-state index contributed by atoms with van der Waals surface area (Å²) in [4.78, 5) is 10.5. The van der Waals surface area contributed by atoms with E-state index in [1.54, 1.807) is 0 Å². The fraction of sp³-hybridized carbons (Fsp3) is 0.875. The SMILES string of the molecule is O=C(O)C1[C@@H]2CCCC[C@@H]12. The standard InChI is InChI=1S/C8H12O2/c9-8(10)7-5-3-1-2-4-6(5)7/h5-7H,1-4H2,(H,9,10)/t5-,6-/m1/s1. The van der Waals surface area contributed by atoms with Crippen molar-refractivity contribution in [3.63, 3.8) is 0 Å². The Balaban J connectivity index is 1.99. The van der Waals surface area contributed by atoms with Crippen LogP contribution in [0.3, 0.4) is 0 Å². The number of aliphatic carboxylic acids is 1. The van der Waals surface area contributed by atoms with Crippen molar-refractivity contribution in [3.05, 3.63) is 0 Å². The summed E-state index contributed by atoms with van der Waals surface area (Å²) < 4.78 is 0. The van der Waals surface area contributed by atoms with Crippen molar-refractivity contribution in [2.75, 3.05) is 0 Å². The molecule has 0 heterocycles. The van der Waals surface area contributed by atoms with Crippen LogP contribution in [0.4, 0.5) is 0 Å². The van der Waals surface area contributed by atoms with E-state index in [-0.39, 0.29) is 5.92 Å². The van der Waals surface area contributed by atoms with Gasteiger partial charge in [-0.15, -0.1) is 0 Å². The van der Waals surface area contributed by atoms with Gasteiger partial charge in [-0.3, -0.25) is 4.79 Å². The largest absolute Gasteiger partial charge is 0.481 e. The zero-order valence-electron chi connectivity index (χ0n) is 5.92. The topological polar surface area (TPSA) is 37.3 Å². The van der Waals surface area contributed by atoms with Crippen LogP contribution in [0.25, 0.3) is 0 Å². The molecule has 2 aliphatic carbocycles. The van der Waals surface area contributed by atoms with Gasteiger partial charge in [0.2, 0.25) is 0 Å². The van der Waals surface area contributed by atoms with Gasteiger partial charge in [0.1, 0.15) is 0 Å². The molecular weight excluding hydrogens is 128 g/mol. The Morgan fingerprint density at radius 2 is 1.70 bits per heavy atom. The molecule has 0 bridgehead atoms. The van der Waals surface area contributed by atoms with Gasteiger partial charge in [0.15, 0.2) is 0 Å². The maximum Gasteiger partial charge on any atom is 0.307 e. The molecule has 1 N–H and O–H groups in total. The lowest BCUT2D eigenvalue weighted by atomic mass is 10.0. The first-order chi connectivity index (χ1) is 4.80. The van der Waals surface area contributed by atoms with E-state index in [0.717, 1.165) is 0 Å². The van der Waals surface area contributed by atoms with Gasteiger partial charge < -0.3 is 5.11 Å². The quantitative estimate of drug-likeness (QED) is 0.599. The Morgan fingerprint density at radius 3 is 2.10 bits per heavy atom. The van der Waals surface area contributed by atoms with E-state index in [1.165, 1.54) is 25.7 Å². The molecule has 2 aliphatic rings. The molecule has 2 nitrogen and oxygen atoms in total. The van der Waals surface area contributed by atoms with E-state index in [1.807, 2.05) is 0 Å². The highest BCUT2D eigenvalue weighted by Crippen LogP contribution is 2.55. The van der Waals surface area contributed by atoms with Crippen LogP contribution in [0.15, 0.2) is 0 Å². The first-order valence-electron chi connectivity index (χ1n) is 4.03. The normalized spacial score (nSPS) is 44.2. The number of carboxylic acids is 1. The molecule has 56 valence electrons. The predicted molar refractivity (Wildman–Crippen MR) is 36.6 cm³/mol. The third-order valence-electron chi connectivity index (χ3n) is 2.94. The number of carboxylic acid groups (broad SMARTS) is 1. The van der Waals surface area contributed by atoms with Crippen molar-refractivity contribution < 1.29 is 9.90 Å². The molecule has 0 aromatic rings. The molecule has 2 atom stereocenters. The summed E-state index contributed by atoms with van der Waals surface area (Å²) in [5.74, 6) is 0.608. The summed E-state index contributed by atoms with van der Waals surface area (Å²) in [6.45, 7) is 0. The van der Waals surface area contributed by atoms with Crippen LogP contribution < -0.4 is 0 Å². The van der Waals surface area contributed by atoms with Gasteiger partial charge in [-0.05, 0) is 24.7 Å². The average molecular weight is 140 g/mol. The van der Waals surface area contributed by atoms with Crippen LogP contribution in [0.1, 0.15) is 25.7 Å². The summed E-state index contributed by atoms with van der Waals surface area (Å²) in [6.07, 6.45) is 4.85. The zero-order valence-corrected chi connectivity index (χ0v) is 5.92. The molecule has 2 fully saturated rings. The smallest absolute Gasteiger partial charge is 0.307 e. The minimum absolute atomic E-state index is 0.0440. The molecule has 0 spiro atoms. The maximum atomic E-state index is 10.5. The van der Waals surface area contributed by atoms with E-state index in [0.29, 0.717) is 11.8 Å². The summed E-state index contributed by atoms with van der Waals surface area (Å²) in [7, 11) is 0. The molecule has 0 amide bonds. The number of fused-ring (bicyclic) bond motifs is 1. The van der Waals surface area contributed by atoms with Gasteiger partial charge in [-0.2, -0.15) is 0 Å². The molecule has 10 heavy (non-hydrogen) atoms. The number of carbonyl (C=O) groups is 1. The van der Waals surface area contributed by atoms with Crippen LogP contribution in [-0.4, -0.2) is 11.1 Å². The highest BCUT2D eigenvalue weighted by atomic mass is 16.4. The van der Waals surface area contributed by atoms with Crippen LogP contribution >= 0.6 is 0 Å². The van der Waals surface area contributed by atoms with Crippen LogP contribution in [0, 0.1) is 17.8 Å². The van der Waals surface area contributed by atoms with Crippen molar-refractivity contribution in [3.8, 4) is 0 Å². The monoisotopic (exact) mass is 140 g/mol. The molecule has 0 aromatic heterocycles. The second-order valence-electron chi connectivity index (χ2n) is 3.48. The third kappa shape index (κ3) is 0.746. The van der Waals surface area contributed by atoms with Crippen molar-refractivity contribution in [2.24, 2.45) is 17.8 Å². The lowest BCUT2D eigenvalue weighted by molar-refractivity contribution is -0.139. The Morgan fingerprint density at radius 1 is 1.20 bits per heavy atom. The third-order valence-corrected chi connectivity index (χ3v) is 2.94. The van der Waals surface area contributed by atoms with Gasteiger partial charge in [0.25, 0.3) is 0 Å². The fourth-order valence-corrected chi connectivity index (χ4v) is 2.36. The minimum atomic E-state index is -0.558. The fourth-order valence-electron chi connectivity index (χ4n) is 2.36. The van der Waals surface area contributed by atoms with Gasteiger partial charge >= 0.3 is 5.97 Å². The molecule has 2 rings (SSSR count). The Bertz CT molecular complexity index is 153. The van der Waals surface area contributed by atoms with Gasteiger partial charge in [-0.1, -0.05) is 12.8 Å². The van der Waals surface area contributed by atoms with E-state index in [2.05, 4.69) is 0 Å². The van der Waals surface area contributed by atoms with E-state index in [9.17, 15) is 4.79 Å². The minimum Gasteiger partial charge on any atom is -0.481 e. The summed E-state index contributed by atoms with van der Waals surface area (Å²) >= 11 is 0. The summed E-state index contributed by atoms with van der Waals surface area (Å²) in [5, 5.41) is 8.68. The van der Waals surface area contributed by atoms with Gasteiger partial charge in [-0.25, -0.2) is 0 Å². The number of hydrogen-bond acceptors (Lipinski definition) is 1. The molecule has 2 saturated carbocycles. The van der Waals surface area contributed by atoms with E-state index >= 15 is 0 Å². The second kappa shape index (κ2) is 1.97. The Labute approximate surface area is 60.2 Å². The molecule has 0 unspecified atom stereocenters. The summed E-state index contributed by atoms with van der Waals surface area (Å²) in [5.41, 5.74) is 0. The van der Waals surface area contributed by atoms with Crippen molar-refractivity contribution in [1.29, 1.82) is 0 Å². The van der Waals surface area contributed by atoms with E-state index < -0.39 is 5.97 Å². The molecule has 0 aliphatic heterocycles. The van der Waals surface area contributed by atoms with Crippen LogP contribution in [0.2, 0.25) is 0 Å². The van der Waals surface area contributed by atoms with Crippen LogP contribution in [0.5, 0.6) is 0 Å². The predicted octanol–water partition coefficient (Wildman–Crippen LogP) is 1.51. The lowest BCUT2D eigenvalue weighted by Gasteiger charge is -2.04. The average Bonchev–Trinajstić information content (AvgIpc) is 2.60.